The maximum Gasteiger partial charge on any atom is 0.154 e. The van der Waals surface area contributed by atoms with E-state index in [1.807, 2.05) is 30.3 Å². The molecule has 0 unspecified atom stereocenters. The van der Waals surface area contributed by atoms with Gasteiger partial charge in [-0.25, -0.2) is 0 Å². The first kappa shape index (κ1) is 13.5. The van der Waals surface area contributed by atoms with Crippen LogP contribution in [0.4, 0.5) is 0 Å². The Kier molecular flexibility index (Phi) is 5.31. The van der Waals surface area contributed by atoms with Gasteiger partial charge in [-0.1, -0.05) is 54.2 Å². The summed E-state index contributed by atoms with van der Waals surface area (Å²) in [7, 11) is 0. The second-order valence-electron chi connectivity index (χ2n) is 3.86. The molecular formula is C15H16N2OS. The van der Waals surface area contributed by atoms with Crippen LogP contribution in [0.3, 0.4) is 0 Å². The molecule has 0 aliphatic heterocycles. The monoisotopic (exact) mass is 272 g/mol. The first-order valence-corrected chi connectivity index (χ1v) is 7.00. The first-order valence-electron chi connectivity index (χ1n) is 6.01. The summed E-state index contributed by atoms with van der Waals surface area (Å²) in [5.41, 5.74) is 7.00. The zero-order valence-electron chi connectivity index (χ0n) is 10.5. The van der Waals surface area contributed by atoms with Crippen LogP contribution in [0.25, 0.3) is 6.08 Å². The first-order chi connectivity index (χ1) is 9.34. The molecular weight excluding hydrogens is 256 g/mol. The van der Waals surface area contributed by atoms with E-state index in [2.05, 4.69) is 29.3 Å². The number of aliphatic imine (C=N–C) groups is 1. The molecule has 1 aromatic heterocycles. The fraction of sp³-hybridized carbons (Fsp3) is 0.133. The molecule has 0 amide bonds. The fourth-order valence-corrected chi connectivity index (χ4v) is 2.00. The van der Waals surface area contributed by atoms with Crippen LogP contribution in [0.2, 0.25) is 0 Å². The second-order valence-corrected chi connectivity index (χ2v) is 4.90. The van der Waals surface area contributed by atoms with Gasteiger partial charge in [0, 0.05) is 5.75 Å². The largest absolute Gasteiger partial charge is 0.467 e. The number of nitrogens with two attached hydrogens (primary N) is 1. The van der Waals surface area contributed by atoms with Gasteiger partial charge in [0.1, 0.15) is 5.76 Å². The van der Waals surface area contributed by atoms with Gasteiger partial charge < -0.3 is 10.2 Å². The summed E-state index contributed by atoms with van der Waals surface area (Å²) >= 11 is 1.52. The van der Waals surface area contributed by atoms with Crippen LogP contribution in [0.1, 0.15) is 11.3 Å². The van der Waals surface area contributed by atoms with Crippen LogP contribution in [0.15, 0.2) is 64.2 Å². The molecule has 0 radical (unpaired) electrons. The summed E-state index contributed by atoms with van der Waals surface area (Å²) < 4.78 is 5.18. The molecule has 4 heteroatoms. The molecule has 1 aromatic carbocycles. The minimum Gasteiger partial charge on any atom is -0.467 e. The Bertz CT molecular complexity index is 533. The maximum atomic E-state index is 5.81. The second kappa shape index (κ2) is 7.48. The minimum atomic E-state index is 0.494. The average Bonchev–Trinajstić information content (AvgIpc) is 2.96. The lowest BCUT2D eigenvalue weighted by Crippen LogP contribution is -2.07. The number of furan rings is 1. The third-order valence-corrected chi connectivity index (χ3v) is 3.19. The molecule has 98 valence electrons. The summed E-state index contributed by atoms with van der Waals surface area (Å²) in [5.74, 6) is 1.63. The Labute approximate surface area is 117 Å². The van der Waals surface area contributed by atoms with E-state index >= 15 is 0 Å². The van der Waals surface area contributed by atoms with Crippen molar-refractivity contribution in [1.82, 2.24) is 0 Å². The van der Waals surface area contributed by atoms with E-state index in [0.717, 1.165) is 11.5 Å². The molecule has 19 heavy (non-hydrogen) atoms. The molecule has 2 N–H and O–H groups in total. The van der Waals surface area contributed by atoms with Crippen molar-refractivity contribution in [3.63, 3.8) is 0 Å². The quantitative estimate of drug-likeness (QED) is 0.669. The lowest BCUT2D eigenvalue weighted by Gasteiger charge is -1.97. The molecule has 0 aliphatic rings. The predicted molar refractivity (Wildman–Crippen MR) is 82.0 cm³/mol. The van der Waals surface area contributed by atoms with Gasteiger partial charge in [0.2, 0.25) is 0 Å². The summed E-state index contributed by atoms with van der Waals surface area (Å²) in [6.07, 6.45) is 5.79. The number of thioether (sulfide) groups is 1. The van der Waals surface area contributed by atoms with Gasteiger partial charge in [0.15, 0.2) is 5.17 Å². The third-order valence-electron chi connectivity index (χ3n) is 2.41. The molecule has 0 bridgehead atoms. The molecule has 1 heterocycles. The Morgan fingerprint density at radius 2 is 2.05 bits per heavy atom. The molecule has 0 saturated heterocycles. The van der Waals surface area contributed by atoms with Crippen LogP contribution in [-0.4, -0.2) is 10.9 Å². The minimum absolute atomic E-state index is 0.494. The molecule has 2 rings (SSSR count). The number of rotatable bonds is 5. The highest BCUT2D eigenvalue weighted by Crippen LogP contribution is 2.07. The number of benzene rings is 1. The van der Waals surface area contributed by atoms with Crippen LogP contribution in [0.5, 0.6) is 0 Å². The predicted octanol–water partition coefficient (Wildman–Crippen LogP) is 3.54. The van der Waals surface area contributed by atoms with Crippen LogP contribution < -0.4 is 5.73 Å². The molecule has 3 nitrogen and oxygen atoms in total. The Hall–Kier alpha value is -1.94. The van der Waals surface area contributed by atoms with Crippen molar-refractivity contribution in [1.29, 1.82) is 0 Å². The average molecular weight is 272 g/mol. The topological polar surface area (TPSA) is 51.5 Å². The zero-order valence-corrected chi connectivity index (χ0v) is 11.3. The SMILES string of the molecule is NC(=NCc1ccco1)SC/C=C/c1ccccc1. The number of amidine groups is 1. The Morgan fingerprint density at radius 3 is 2.79 bits per heavy atom. The summed E-state index contributed by atoms with van der Waals surface area (Å²) in [4.78, 5) is 4.24. The van der Waals surface area contributed by atoms with Crippen LogP contribution in [0, 0.1) is 0 Å². The van der Waals surface area contributed by atoms with E-state index in [-0.39, 0.29) is 0 Å². The molecule has 0 saturated carbocycles. The number of nitrogens with zero attached hydrogens (tertiary/aromatic N) is 1. The summed E-state index contributed by atoms with van der Waals surface area (Å²) in [6, 6.07) is 13.9. The fourth-order valence-electron chi connectivity index (χ4n) is 1.49. The molecule has 0 aliphatic carbocycles. The normalized spacial score (nSPS) is 12.1. The molecule has 0 fully saturated rings. The van der Waals surface area contributed by atoms with Crippen molar-refractivity contribution in [2.45, 2.75) is 6.54 Å². The van der Waals surface area contributed by atoms with E-state index in [1.54, 1.807) is 6.26 Å². The van der Waals surface area contributed by atoms with Crippen LogP contribution in [-0.2, 0) is 6.54 Å². The van der Waals surface area contributed by atoms with Gasteiger partial charge in [-0.15, -0.1) is 0 Å². The number of hydrogen-bond donors (Lipinski definition) is 1. The van der Waals surface area contributed by atoms with Crippen molar-refractivity contribution in [2.24, 2.45) is 10.7 Å². The highest BCUT2D eigenvalue weighted by Gasteiger charge is 1.95. The lowest BCUT2D eigenvalue weighted by atomic mass is 10.2. The van der Waals surface area contributed by atoms with Gasteiger partial charge in [0.25, 0.3) is 0 Å². The van der Waals surface area contributed by atoms with Crippen molar-refractivity contribution in [3.8, 4) is 0 Å². The summed E-state index contributed by atoms with van der Waals surface area (Å²) in [6.45, 7) is 0.494. The maximum absolute atomic E-state index is 5.81. The molecule has 0 spiro atoms. The van der Waals surface area contributed by atoms with E-state index in [1.165, 1.54) is 17.3 Å². The standard InChI is InChI=1S/C15H16N2OS/c16-15(17-12-14-9-4-10-18-14)19-11-5-8-13-6-2-1-3-7-13/h1-10H,11-12H2,(H2,16,17)/b8-5+. The third kappa shape index (κ3) is 5.06. The van der Waals surface area contributed by atoms with E-state index in [0.29, 0.717) is 11.7 Å². The molecule has 2 aromatic rings. The van der Waals surface area contributed by atoms with Gasteiger partial charge >= 0.3 is 0 Å². The van der Waals surface area contributed by atoms with Gasteiger partial charge in [-0.3, -0.25) is 4.99 Å². The van der Waals surface area contributed by atoms with Gasteiger partial charge in [-0.2, -0.15) is 0 Å². The van der Waals surface area contributed by atoms with E-state index in [9.17, 15) is 0 Å². The van der Waals surface area contributed by atoms with Crippen LogP contribution >= 0.6 is 11.8 Å². The van der Waals surface area contributed by atoms with Crippen molar-refractivity contribution >= 4 is 23.0 Å². The highest BCUT2D eigenvalue weighted by molar-refractivity contribution is 8.13. The summed E-state index contributed by atoms with van der Waals surface area (Å²) in [5, 5.41) is 0.578. The smallest absolute Gasteiger partial charge is 0.154 e. The van der Waals surface area contributed by atoms with Crippen molar-refractivity contribution in [2.75, 3.05) is 5.75 Å². The number of hydrogen-bond acceptors (Lipinski definition) is 3. The Balaban J connectivity index is 1.73. The van der Waals surface area contributed by atoms with E-state index in [4.69, 9.17) is 10.2 Å². The van der Waals surface area contributed by atoms with Gasteiger partial charge in [-0.05, 0) is 17.7 Å². The molecule has 0 atom stereocenters. The highest BCUT2D eigenvalue weighted by atomic mass is 32.2. The van der Waals surface area contributed by atoms with Crippen molar-refractivity contribution < 1.29 is 4.42 Å². The zero-order chi connectivity index (χ0) is 13.3. The lowest BCUT2D eigenvalue weighted by molar-refractivity contribution is 0.513. The van der Waals surface area contributed by atoms with Gasteiger partial charge in [0.05, 0.1) is 12.8 Å². The Morgan fingerprint density at radius 1 is 1.21 bits per heavy atom. The van der Waals surface area contributed by atoms with Crippen molar-refractivity contribution in [3.05, 3.63) is 66.1 Å². The van der Waals surface area contributed by atoms with E-state index < -0.39 is 0 Å².